The molecule has 0 N–H and O–H groups in total. The lowest BCUT2D eigenvalue weighted by Gasteiger charge is -2.32. The molecule has 1 heterocycles. The van der Waals surface area contributed by atoms with E-state index in [-0.39, 0.29) is 0 Å². The second-order valence-electron chi connectivity index (χ2n) is 3.82. The molecule has 0 amide bonds. The van der Waals surface area contributed by atoms with E-state index in [9.17, 15) is 0 Å². The maximum absolute atomic E-state index is 5.49. The van der Waals surface area contributed by atoms with Crippen molar-refractivity contribution in [1.29, 1.82) is 0 Å². The molecule has 0 bridgehead atoms. The molecule has 1 atom stereocenters. The van der Waals surface area contributed by atoms with Gasteiger partial charge < -0.3 is 4.74 Å². The average molecular weight is 128 g/mol. The summed E-state index contributed by atoms with van der Waals surface area (Å²) < 4.78 is 5.49. The summed E-state index contributed by atoms with van der Waals surface area (Å²) in [6, 6.07) is 0. The van der Waals surface area contributed by atoms with E-state index in [2.05, 4.69) is 20.8 Å². The van der Waals surface area contributed by atoms with Gasteiger partial charge in [0.25, 0.3) is 0 Å². The predicted molar refractivity (Wildman–Crippen MR) is 38.4 cm³/mol. The maximum atomic E-state index is 5.49. The molecule has 0 aromatic rings. The molecule has 1 aliphatic heterocycles. The van der Waals surface area contributed by atoms with Crippen LogP contribution in [0.2, 0.25) is 0 Å². The minimum Gasteiger partial charge on any atom is -0.378 e. The van der Waals surface area contributed by atoms with Gasteiger partial charge in [-0.15, -0.1) is 0 Å². The third kappa shape index (κ3) is 1.98. The smallest absolute Gasteiger partial charge is 0.0547 e. The highest BCUT2D eigenvalue weighted by atomic mass is 16.5. The quantitative estimate of drug-likeness (QED) is 0.486. The Morgan fingerprint density at radius 2 is 2.11 bits per heavy atom. The van der Waals surface area contributed by atoms with Crippen LogP contribution >= 0.6 is 0 Å². The first kappa shape index (κ1) is 7.07. The molecule has 1 fully saturated rings. The van der Waals surface area contributed by atoms with Crippen molar-refractivity contribution in [3.63, 3.8) is 0 Å². The number of hydrogen-bond donors (Lipinski definition) is 0. The highest BCUT2D eigenvalue weighted by Gasteiger charge is 2.24. The van der Waals surface area contributed by atoms with Crippen LogP contribution < -0.4 is 0 Å². The molecule has 1 rings (SSSR count). The SMILES string of the molecule is CC1CCC(C)(C)CO1. The first-order valence-corrected chi connectivity index (χ1v) is 3.72. The van der Waals surface area contributed by atoms with E-state index in [0.717, 1.165) is 6.61 Å². The summed E-state index contributed by atoms with van der Waals surface area (Å²) in [7, 11) is 0. The van der Waals surface area contributed by atoms with Gasteiger partial charge in [0, 0.05) is 0 Å². The number of rotatable bonds is 0. The lowest BCUT2D eigenvalue weighted by atomic mass is 9.86. The third-order valence-corrected chi connectivity index (χ3v) is 1.99. The van der Waals surface area contributed by atoms with Gasteiger partial charge in [0.15, 0.2) is 0 Å². The fourth-order valence-corrected chi connectivity index (χ4v) is 1.12. The number of ether oxygens (including phenoxy) is 1. The highest BCUT2D eigenvalue weighted by molar-refractivity contribution is 4.74. The summed E-state index contributed by atoms with van der Waals surface area (Å²) in [6.07, 6.45) is 3.04. The Morgan fingerprint density at radius 1 is 1.44 bits per heavy atom. The molecule has 0 spiro atoms. The normalized spacial score (nSPS) is 34.3. The summed E-state index contributed by atoms with van der Waals surface area (Å²) >= 11 is 0. The molecule has 0 radical (unpaired) electrons. The van der Waals surface area contributed by atoms with Crippen molar-refractivity contribution in [2.24, 2.45) is 5.41 Å². The molecular weight excluding hydrogens is 112 g/mol. The molecule has 0 saturated carbocycles. The van der Waals surface area contributed by atoms with Crippen molar-refractivity contribution < 1.29 is 4.74 Å². The van der Waals surface area contributed by atoms with Gasteiger partial charge in [-0.3, -0.25) is 0 Å². The summed E-state index contributed by atoms with van der Waals surface area (Å²) in [6.45, 7) is 7.61. The van der Waals surface area contributed by atoms with Crippen LogP contribution in [0.4, 0.5) is 0 Å². The highest BCUT2D eigenvalue weighted by Crippen LogP contribution is 2.29. The summed E-state index contributed by atoms with van der Waals surface area (Å²) in [5.41, 5.74) is 0.437. The molecule has 0 aliphatic carbocycles. The Morgan fingerprint density at radius 3 is 2.44 bits per heavy atom. The lowest BCUT2D eigenvalue weighted by molar-refractivity contribution is -0.0387. The van der Waals surface area contributed by atoms with E-state index < -0.39 is 0 Å². The van der Waals surface area contributed by atoms with Crippen LogP contribution in [0.1, 0.15) is 33.6 Å². The van der Waals surface area contributed by atoms with Gasteiger partial charge in [0.1, 0.15) is 0 Å². The molecule has 1 nitrogen and oxygen atoms in total. The minimum absolute atomic E-state index is 0.437. The molecule has 54 valence electrons. The minimum atomic E-state index is 0.437. The van der Waals surface area contributed by atoms with E-state index in [1.54, 1.807) is 0 Å². The van der Waals surface area contributed by atoms with Gasteiger partial charge in [0.05, 0.1) is 12.7 Å². The molecule has 0 aromatic heterocycles. The predicted octanol–water partition coefficient (Wildman–Crippen LogP) is 2.21. The fraction of sp³-hybridized carbons (Fsp3) is 1.00. The van der Waals surface area contributed by atoms with E-state index in [0.29, 0.717) is 11.5 Å². The molecular formula is C8H16O. The molecule has 1 aliphatic rings. The Balaban J connectivity index is 2.35. The Hall–Kier alpha value is -0.0400. The van der Waals surface area contributed by atoms with Crippen LogP contribution in [0.25, 0.3) is 0 Å². The van der Waals surface area contributed by atoms with E-state index in [4.69, 9.17) is 4.74 Å². The van der Waals surface area contributed by atoms with Crippen LogP contribution in [0.5, 0.6) is 0 Å². The van der Waals surface area contributed by atoms with Crippen LogP contribution in [0, 0.1) is 5.41 Å². The summed E-state index contributed by atoms with van der Waals surface area (Å²) in [4.78, 5) is 0. The fourth-order valence-electron chi connectivity index (χ4n) is 1.12. The van der Waals surface area contributed by atoms with Gasteiger partial charge in [-0.2, -0.15) is 0 Å². The van der Waals surface area contributed by atoms with E-state index >= 15 is 0 Å². The van der Waals surface area contributed by atoms with Gasteiger partial charge in [0.2, 0.25) is 0 Å². The zero-order valence-corrected chi connectivity index (χ0v) is 6.61. The Labute approximate surface area is 57.4 Å². The second-order valence-corrected chi connectivity index (χ2v) is 3.82. The first-order valence-electron chi connectivity index (χ1n) is 3.72. The molecule has 1 heteroatoms. The monoisotopic (exact) mass is 128 g/mol. The van der Waals surface area contributed by atoms with Gasteiger partial charge >= 0.3 is 0 Å². The zero-order chi connectivity index (χ0) is 6.91. The van der Waals surface area contributed by atoms with Gasteiger partial charge in [-0.1, -0.05) is 13.8 Å². The van der Waals surface area contributed by atoms with Crippen LogP contribution in [-0.2, 0) is 4.74 Å². The third-order valence-electron chi connectivity index (χ3n) is 1.99. The largest absolute Gasteiger partial charge is 0.378 e. The summed E-state index contributed by atoms with van der Waals surface area (Å²) in [5.74, 6) is 0. The molecule has 1 unspecified atom stereocenters. The zero-order valence-electron chi connectivity index (χ0n) is 6.61. The molecule has 0 aromatic carbocycles. The lowest BCUT2D eigenvalue weighted by Crippen LogP contribution is -2.29. The average Bonchev–Trinajstić information content (AvgIpc) is 1.78. The van der Waals surface area contributed by atoms with Crippen molar-refractivity contribution in [3.8, 4) is 0 Å². The van der Waals surface area contributed by atoms with Crippen molar-refractivity contribution in [3.05, 3.63) is 0 Å². The van der Waals surface area contributed by atoms with Gasteiger partial charge in [-0.25, -0.2) is 0 Å². The maximum Gasteiger partial charge on any atom is 0.0547 e. The topological polar surface area (TPSA) is 9.23 Å². The van der Waals surface area contributed by atoms with Crippen LogP contribution in [0.15, 0.2) is 0 Å². The molecule has 1 saturated heterocycles. The second kappa shape index (κ2) is 2.30. The summed E-state index contributed by atoms with van der Waals surface area (Å²) in [5, 5.41) is 0. The molecule has 9 heavy (non-hydrogen) atoms. The standard InChI is InChI=1S/C8H16O/c1-7-4-5-8(2,3)6-9-7/h7H,4-6H2,1-3H3. The van der Waals surface area contributed by atoms with E-state index in [1.165, 1.54) is 12.8 Å². The Kier molecular flexibility index (Phi) is 1.80. The van der Waals surface area contributed by atoms with Crippen molar-refractivity contribution in [2.75, 3.05) is 6.61 Å². The van der Waals surface area contributed by atoms with Gasteiger partial charge in [-0.05, 0) is 25.2 Å². The van der Waals surface area contributed by atoms with Crippen LogP contribution in [-0.4, -0.2) is 12.7 Å². The van der Waals surface area contributed by atoms with Crippen molar-refractivity contribution >= 4 is 0 Å². The van der Waals surface area contributed by atoms with Crippen molar-refractivity contribution in [1.82, 2.24) is 0 Å². The van der Waals surface area contributed by atoms with E-state index in [1.807, 2.05) is 0 Å². The van der Waals surface area contributed by atoms with Crippen LogP contribution in [0.3, 0.4) is 0 Å². The first-order chi connectivity index (χ1) is 4.10. The number of hydrogen-bond acceptors (Lipinski definition) is 1. The Bertz CT molecular complexity index is 86.7. The van der Waals surface area contributed by atoms with Crippen molar-refractivity contribution in [2.45, 2.75) is 39.7 Å².